The molecule has 1 aromatic heterocycles. The van der Waals surface area contributed by atoms with Gasteiger partial charge in [-0.2, -0.15) is 5.10 Å². The first kappa shape index (κ1) is 14.9. The summed E-state index contributed by atoms with van der Waals surface area (Å²) >= 11 is 6.05. The Bertz CT molecular complexity index is 567. The number of benzene rings is 1. The molecule has 0 unspecified atom stereocenters. The molecule has 0 saturated heterocycles. The van der Waals surface area contributed by atoms with Crippen LogP contribution in [-0.4, -0.2) is 16.4 Å². The second kappa shape index (κ2) is 5.88. The van der Waals surface area contributed by atoms with Gasteiger partial charge in [-0.25, -0.2) is 0 Å². The van der Waals surface area contributed by atoms with Gasteiger partial charge >= 0.3 is 0 Å². The lowest BCUT2D eigenvalue weighted by molar-refractivity contribution is 0.340. The molecule has 4 heteroatoms. The molecule has 0 bridgehead atoms. The van der Waals surface area contributed by atoms with Crippen LogP contribution in [0.2, 0.25) is 0 Å². The summed E-state index contributed by atoms with van der Waals surface area (Å²) in [4.78, 5) is 0. The molecule has 0 radical (unpaired) electrons. The molecule has 2 aromatic rings. The van der Waals surface area contributed by atoms with Crippen molar-refractivity contribution in [1.29, 1.82) is 0 Å². The lowest BCUT2D eigenvalue weighted by atomic mass is 10.1. The summed E-state index contributed by atoms with van der Waals surface area (Å²) in [6.07, 6.45) is 2.03. The van der Waals surface area contributed by atoms with Crippen LogP contribution in [0.4, 0.5) is 0 Å². The van der Waals surface area contributed by atoms with E-state index in [1.807, 2.05) is 42.1 Å². The molecule has 0 amide bonds. The fourth-order valence-electron chi connectivity index (χ4n) is 1.97. The van der Waals surface area contributed by atoms with E-state index in [0.29, 0.717) is 12.5 Å². The molecular weight excluding hydrogens is 272 g/mol. The molecule has 2 rings (SSSR count). The van der Waals surface area contributed by atoms with Crippen LogP contribution < -0.4 is 4.74 Å². The number of alkyl halides is 1. The van der Waals surface area contributed by atoms with Gasteiger partial charge in [-0.15, -0.1) is 11.6 Å². The summed E-state index contributed by atoms with van der Waals surface area (Å²) in [5.74, 6) is 1.33. The summed E-state index contributed by atoms with van der Waals surface area (Å²) in [5, 5.41) is 4.69. The van der Waals surface area contributed by atoms with Crippen LogP contribution in [0.3, 0.4) is 0 Å². The highest BCUT2D eigenvalue weighted by Gasteiger charge is 2.18. The first-order valence-electron chi connectivity index (χ1n) is 6.84. The van der Waals surface area contributed by atoms with Gasteiger partial charge in [0.25, 0.3) is 0 Å². The van der Waals surface area contributed by atoms with E-state index < -0.39 is 0 Å². The Labute approximate surface area is 125 Å². The lowest BCUT2D eigenvalue weighted by Crippen LogP contribution is -2.22. The maximum Gasteiger partial charge on any atom is 0.119 e. The van der Waals surface area contributed by atoms with Crippen LogP contribution in [0.5, 0.6) is 5.75 Å². The zero-order valence-corrected chi connectivity index (χ0v) is 13.2. The first-order chi connectivity index (χ1) is 9.45. The summed E-state index contributed by atoms with van der Waals surface area (Å²) in [6.45, 7) is 9.02. The van der Waals surface area contributed by atoms with E-state index in [-0.39, 0.29) is 5.54 Å². The Hall–Kier alpha value is -1.48. The summed E-state index contributed by atoms with van der Waals surface area (Å²) in [5.41, 5.74) is 3.00. The van der Waals surface area contributed by atoms with E-state index in [4.69, 9.17) is 16.3 Å². The Morgan fingerprint density at radius 3 is 2.35 bits per heavy atom. The molecule has 0 N–H and O–H groups in total. The van der Waals surface area contributed by atoms with Gasteiger partial charge in [-0.1, -0.05) is 0 Å². The van der Waals surface area contributed by atoms with Gasteiger partial charge in [0, 0.05) is 17.3 Å². The van der Waals surface area contributed by atoms with Gasteiger partial charge in [0.1, 0.15) is 5.75 Å². The van der Waals surface area contributed by atoms with Gasteiger partial charge in [0.15, 0.2) is 0 Å². The average molecular weight is 293 g/mol. The van der Waals surface area contributed by atoms with Crippen LogP contribution in [0.15, 0.2) is 30.5 Å². The summed E-state index contributed by atoms with van der Waals surface area (Å²) in [6, 6.07) is 7.98. The maximum absolute atomic E-state index is 6.05. The Kier molecular flexibility index (Phi) is 4.39. The first-order valence-corrected chi connectivity index (χ1v) is 7.37. The van der Waals surface area contributed by atoms with E-state index in [1.54, 1.807) is 0 Å². The topological polar surface area (TPSA) is 27.1 Å². The van der Waals surface area contributed by atoms with Crippen molar-refractivity contribution >= 4 is 11.6 Å². The lowest BCUT2D eigenvalue weighted by Gasteiger charge is -2.18. The number of nitrogens with zero attached hydrogens (tertiary/aromatic N) is 2. The highest BCUT2D eigenvalue weighted by molar-refractivity contribution is 6.17. The second-order valence-corrected chi connectivity index (χ2v) is 5.98. The molecule has 1 heterocycles. The molecule has 0 saturated carbocycles. The van der Waals surface area contributed by atoms with Gasteiger partial charge in [0.05, 0.1) is 23.7 Å². The number of ether oxygens (including phenoxy) is 1. The highest BCUT2D eigenvalue weighted by atomic mass is 35.5. The monoisotopic (exact) mass is 292 g/mol. The van der Waals surface area contributed by atoms with Gasteiger partial charge in [0.2, 0.25) is 0 Å². The standard InChI is InChI=1S/C16H21ClN2O/c1-5-20-14-8-6-12(7-9-14)15-13(10-17)11-19(18-15)16(2,3)4/h6-9,11H,5,10H2,1-4H3. The molecule has 0 aliphatic carbocycles. The fraction of sp³-hybridized carbons (Fsp3) is 0.438. The van der Waals surface area contributed by atoms with Gasteiger partial charge < -0.3 is 4.74 Å². The van der Waals surface area contributed by atoms with Crippen LogP contribution in [0.25, 0.3) is 11.3 Å². The van der Waals surface area contributed by atoms with Crippen molar-refractivity contribution < 1.29 is 4.74 Å². The van der Waals surface area contributed by atoms with Crippen molar-refractivity contribution in [2.24, 2.45) is 0 Å². The Balaban J connectivity index is 2.38. The predicted octanol–water partition coefficient (Wildman–Crippen LogP) is 4.44. The molecule has 20 heavy (non-hydrogen) atoms. The Morgan fingerprint density at radius 2 is 1.85 bits per heavy atom. The molecular formula is C16H21ClN2O. The predicted molar refractivity (Wildman–Crippen MR) is 83.4 cm³/mol. The number of rotatable bonds is 4. The molecule has 1 aromatic carbocycles. The smallest absolute Gasteiger partial charge is 0.119 e. The van der Waals surface area contributed by atoms with Crippen molar-refractivity contribution in [3.05, 3.63) is 36.0 Å². The quantitative estimate of drug-likeness (QED) is 0.779. The van der Waals surface area contributed by atoms with E-state index in [2.05, 4.69) is 25.9 Å². The third-order valence-corrected chi connectivity index (χ3v) is 3.35. The normalized spacial score (nSPS) is 11.7. The molecule has 108 valence electrons. The minimum Gasteiger partial charge on any atom is -0.494 e. The molecule has 3 nitrogen and oxygen atoms in total. The summed E-state index contributed by atoms with van der Waals surface area (Å²) < 4.78 is 7.43. The highest BCUT2D eigenvalue weighted by Crippen LogP contribution is 2.27. The minimum atomic E-state index is -0.0513. The number of hydrogen-bond acceptors (Lipinski definition) is 2. The average Bonchev–Trinajstić information content (AvgIpc) is 2.84. The van der Waals surface area contributed by atoms with Crippen molar-refractivity contribution in [2.75, 3.05) is 6.61 Å². The molecule has 0 aliphatic heterocycles. The fourth-order valence-corrected chi connectivity index (χ4v) is 2.17. The molecule has 0 atom stereocenters. The van der Waals surface area contributed by atoms with Crippen LogP contribution >= 0.6 is 11.6 Å². The SMILES string of the molecule is CCOc1ccc(-c2nn(C(C)(C)C)cc2CCl)cc1. The molecule has 0 fully saturated rings. The van der Waals surface area contributed by atoms with Crippen LogP contribution in [-0.2, 0) is 11.4 Å². The molecule has 0 spiro atoms. The van der Waals surface area contributed by atoms with Crippen LogP contribution in [0, 0.1) is 0 Å². The number of hydrogen-bond donors (Lipinski definition) is 0. The largest absolute Gasteiger partial charge is 0.494 e. The van der Waals surface area contributed by atoms with E-state index in [1.165, 1.54) is 0 Å². The third kappa shape index (κ3) is 3.15. The van der Waals surface area contributed by atoms with Gasteiger partial charge in [-0.05, 0) is 52.0 Å². The number of halogens is 1. The van der Waals surface area contributed by atoms with E-state index in [0.717, 1.165) is 22.6 Å². The second-order valence-electron chi connectivity index (χ2n) is 5.71. The molecule has 0 aliphatic rings. The van der Waals surface area contributed by atoms with Crippen molar-refractivity contribution in [2.45, 2.75) is 39.1 Å². The Morgan fingerprint density at radius 1 is 1.20 bits per heavy atom. The number of aromatic nitrogens is 2. The zero-order valence-electron chi connectivity index (χ0n) is 12.5. The van der Waals surface area contributed by atoms with Crippen molar-refractivity contribution in [1.82, 2.24) is 9.78 Å². The van der Waals surface area contributed by atoms with Crippen molar-refractivity contribution in [3.63, 3.8) is 0 Å². The third-order valence-electron chi connectivity index (χ3n) is 3.06. The van der Waals surface area contributed by atoms with Gasteiger partial charge in [-0.3, -0.25) is 4.68 Å². The van der Waals surface area contributed by atoms with E-state index in [9.17, 15) is 0 Å². The van der Waals surface area contributed by atoms with Crippen LogP contribution in [0.1, 0.15) is 33.3 Å². The van der Waals surface area contributed by atoms with E-state index >= 15 is 0 Å². The minimum absolute atomic E-state index is 0.0513. The zero-order chi connectivity index (χ0) is 14.8. The summed E-state index contributed by atoms with van der Waals surface area (Å²) in [7, 11) is 0. The van der Waals surface area contributed by atoms with Crippen molar-refractivity contribution in [3.8, 4) is 17.0 Å². The maximum atomic E-state index is 6.05.